The first-order valence-corrected chi connectivity index (χ1v) is 14.6. The smallest absolute Gasteiger partial charge is 0.303 e. The van der Waals surface area contributed by atoms with Crippen molar-refractivity contribution in [2.45, 2.75) is 71.8 Å². The number of nitrogens with zero attached hydrogens (tertiary/aromatic N) is 1. The van der Waals surface area contributed by atoms with E-state index in [-0.39, 0.29) is 18.3 Å². The van der Waals surface area contributed by atoms with Crippen molar-refractivity contribution in [3.8, 4) is 11.5 Å². The molecule has 0 fully saturated rings. The number of methoxy groups -OCH3 is 1. The number of carbonyl (C=O) groups excluding carboxylic acids is 1. The third-order valence-corrected chi connectivity index (χ3v) is 7.33. The fourth-order valence-corrected chi connectivity index (χ4v) is 5.31. The zero-order valence-corrected chi connectivity index (χ0v) is 24.6. The van der Waals surface area contributed by atoms with Gasteiger partial charge in [0.1, 0.15) is 17.6 Å². The maximum atomic E-state index is 13.6. The Kier molecular flexibility index (Phi) is 10.2. The van der Waals surface area contributed by atoms with Crippen LogP contribution < -0.4 is 9.47 Å². The van der Waals surface area contributed by atoms with Gasteiger partial charge in [-0.2, -0.15) is 0 Å². The van der Waals surface area contributed by atoms with Gasteiger partial charge in [0.05, 0.1) is 12.6 Å². The van der Waals surface area contributed by atoms with Gasteiger partial charge >= 0.3 is 5.97 Å². The predicted molar refractivity (Wildman–Crippen MR) is 162 cm³/mol. The molecular formula is C35H41NO5. The van der Waals surface area contributed by atoms with Crippen LogP contribution in [0.4, 0.5) is 0 Å². The van der Waals surface area contributed by atoms with Crippen LogP contribution in [0, 0.1) is 5.92 Å². The van der Waals surface area contributed by atoms with Crippen LogP contribution in [-0.4, -0.2) is 28.4 Å². The lowest BCUT2D eigenvalue weighted by atomic mass is 9.97. The van der Waals surface area contributed by atoms with Crippen molar-refractivity contribution in [2.24, 2.45) is 5.92 Å². The number of rotatable bonds is 15. The van der Waals surface area contributed by atoms with Crippen LogP contribution in [0.25, 0.3) is 5.52 Å². The van der Waals surface area contributed by atoms with Gasteiger partial charge in [0.2, 0.25) is 0 Å². The molecule has 0 spiro atoms. The molecule has 1 unspecified atom stereocenters. The number of benzene rings is 2. The minimum atomic E-state index is -0.817. The Morgan fingerprint density at radius 2 is 1.76 bits per heavy atom. The van der Waals surface area contributed by atoms with Gasteiger partial charge in [-0.25, -0.2) is 0 Å². The van der Waals surface area contributed by atoms with E-state index in [1.807, 2.05) is 59.1 Å². The summed E-state index contributed by atoms with van der Waals surface area (Å²) in [7, 11) is 1.71. The number of ketones is 1. The Labute approximate surface area is 242 Å². The SMILES string of the molecule is CCCCC(Oc1ccc(C(=O)c2cc(CCCC(=O)O)n3ccccc23)cc1)c1ccc(CC(C)C)cc1OC. The highest BCUT2D eigenvalue weighted by molar-refractivity contribution is 6.13. The van der Waals surface area contributed by atoms with Gasteiger partial charge in [-0.3, -0.25) is 9.59 Å². The molecular weight excluding hydrogens is 514 g/mol. The molecule has 2 aromatic heterocycles. The van der Waals surface area contributed by atoms with Crippen molar-refractivity contribution in [3.63, 3.8) is 0 Å². The monoisotopic (exact) mass is 555 g/mol. The molecule has 4 aromatic rings. The number of unbranched alkanes of at least 4 members (excludes halogenated alkanes) is 1. The number of pyridine rings is 1. The van der Waals surface area contributed by atoms with Gasteiger partial charge in [-0.05, 0) is 92.1 Å². The van der Waals surface area contributed by atoms with E-state index in [1.54, 1.807) is 7.11 Å². The average molecular weight is 556 g/mol. The lowest BCUT2D eigenvalue weighted by Crippen LogP contribution is -2.10. The molecule has 6 nitrogen and oxygen atoms in total. The van der Waals surface area contributed by atoms with E-state index in [0.717, 1.165) is 48.2 Å². The Morgan fingerprint density at radius 1 is 0.976 bits per heavy atom. The van der Waals surface area contributed by atoms with E-state index in [0.29, 0.717) is 35.6 Å². The number of aryl methyl sites for hydroxylation is 1. The Morgan fingerprint density at radius 3 is 2.44 bits per heavy atom. The number of carboxylic acids is 1. The van der Waals surface area contributed by atoms with Crippen molar-refractivity contribution in [3.05, 3.63) is 101 Å². The van der Waals surface area contributed by atoms with E-state index in [4.69, 9.17) is 14.6 Å². The summed E-state index contributed by atoms with van der Waals surface area (Å²) in [5.74, 6) is 1.22. The topological polar surface area (TPSA) is 77.2 Å². The summed E-state index contributed by atoms with van der Waals surface area (Å²) in [5.41, 5.74) is 5.21. The fraction of sp³-hybridized carbons (Fsp3) is 0.371. The van der Waals surface area contributed by atoms with Crippen molar-refractivity contribution in [1.29, 1.82) is 0 Å². The Balaban J connectivity index is 1.55. The lowest BCUT2D eigenvalue weighted by Gasteiger charge is -2.22. The molecule has 0 bridgehead atoms. The highest BCUT2D eigenvalue weighted by atomic mass is 16.5. The molecule has 2 heterocycles. The van der Waals surface area contributed by atoms with Crippen molar-refractivity contribution in [2.75, 3.05) is 7.11 Å². The zero-order valence-electron chi connectivity index (χ0n) is 24.6. The molecule has 1 atom stereocenters. The third-order valence-electron chi connectivity index (χ3n) is 7.33. The first-order valence-electron chi connectivity index (χ1n) is 14.6. The van der Waals surface area contributed by atoms with E-state index < -0.39 is 5.97 Å². The quantitative estimate of drug-likeness (QED) is 0.150. The summed E-state index contributed by atoms with van der Waals surface area (Å²) >= 11 is 0. The van der Waals surface area contributed by atoms with Gasteiger partial charge in [0, 0.05) is 35.0 Å². The van der Waals surface area contributed by atoms with Gasteiger partial charge in [0.15, 0.2) is 5.78 Å². The number of carboxylic acid groups (broad SMARTS) is 1. The van der Waals surface area contributed by atoms with Crippen molar-refractivity contribution < 1.29 is 24.2 Å². The van der Waals surface area contributed by atoms with Crippen LogP contribution in [0.2, 0.25) is 0 Å². The molecule has 216 valence electrons. The maximum absolute atomic E-state index is 13.6. The molecule has 0 saturated carbocycles. The second kappa shape index (κ2) is 14.0. The largest absolute Gasteiger partial charge is 0.496 e. The number of aliphatic carboxylic acids is 1. The second-order valence-electron chi connectivity index (χ2n) is 11.0. The number of fused-ring (bicyclic) bond motifs is 1. The number of carbonyl (C=O) groups is 2. The van der Waals surface area contributed by atoms with Crippen LogP contribution in [0.5, 0.6) is 11.5 Å². The number of hydrogen-bond acceptors (Lipinski definition) is 4. The summed E-state index contributed by atoms with van der Waals surface area (Å²) in [5, 5.41) is 9.02. The minimum absolute atomic E-state index is 0.0744. The molecule has 0 aliphatic carbocycles. The third kappa shape index (κ3) is 7.57. The van der Waals surface area contributed by atoms with Crippen molar-refractivity contribution in [1.82, 2.24) is 4.40 Å². The number of ether oxygens (including phenoxy) is 2. The summed E-state index contributed by atoms with van der Waals surface area (Å²) in [6.07, 6.45) is 6.88. The van der Waals surface area contributed by atoms with E-state index in [9.17, 15) is 9.59 Å². The molecule has 0 aliphatic rings. The summed E-state index contributed by atoms with van der Waals surface area (Å²) < 4.78 is 14.3. The van der Waals surface area contributed by atoms with E-state index in [1.165, 1.54) is 5.56 Å². The molecule has 0 saturated heterocycles. The van der Waals surface area contributed by atoms with Crippen LogP contribution in [0.3, 0.4) is 0 Å². The molecule has 0 amide bonds. The number of hydrogen-bond donors (Lipinski definition) is 1. The average Bonchev–Trinajstić information content (AvgIpc) is 3.33. The maximum Gasteiger partial charge on any atom is 0.303 e. The van der Waals surface area contributed by atoms with Crippen LogP contribution >= 0.6 is 0 Å². The molecule has 1 N–H and O–H groups in total. The van der Waals surface area contributed by atoms with Crippen LogP contribution in [0.15, 0.2) is 72.9 Å². The van der Waals surface area contributed by atoms with Gasteiger partial charge in [-0.1, -0.05) is 45.4 Å². The Bertz CT molecular complexity index is 1470. The van der Waals surface area contributed by atoms with Crippen LogP contribution in [0.1, 0.15) is 91.7 Å². The highest BCUT2D eigenvalue weighted by Crippen LogP contribution is 2.34. The molecule has 4 rings (SSSR count). The summed E-state index contributed by atoms with van der Waals surface area (Å²) in [6, 6.07) is 21.4. The molecule has 0 aliphatic heterocycles. The molecule has 0 radical (unpaired) electrons. The molecule has 41 heavy (non-hydrogen) atoms. The first-order chi connectivity index (χ1) is 19.8. The Hall–Kier alpha value is -4.06. The summed E-state index contributed by atoms with van der Waals surface area (Å²) in [4.78, 5) is 24.6. The second-order valence-corrected chi connectivity index (χ2v) is 11.0. The van der Waals surface area contributed by atoms with Crippen LogP contribution in [-0.2, 0) is 17.6 Å². The van der Waals surface area contributed by atoms with Crippen molar-refractivity contribution >= 4 is 17.3 Å². The normalized spacial score (nSPS) is 12.0. The van der Waals surface area contributed by atoms with E-state index in [2.05, 4.69) is 39.0 Å². The van der Waals surface area contributed by atoms with E-state index >= 15 is 0 Å². The predicted octanol–water partition coefficient (Wildman–Crippen LogP) is 8.10. The molecule has 2 aromatic carbocycles. The zero-order chi connectivity index (χ0) is 29.4. The highest BCUT2D eigenvalue weighted by Gasteiger charge is 2.20. The fourth-order valence-electron chi connectivity index (χ4n) is 5.31. The standard InChI is InChI=1S/C35H41NO5/c1-5-6-12-32(29-19-14-25(21-24(2)3)22-33(29)40-4)41-28-17-15-26(16-18-28)35(39)30-23-27(10-9-13-34(37)38)36-20-8-7-11-31(30)36/h7-8,11,14-20,22-24,32H,5-6,9-10,12-13,21H2,1-4H3,(H,37,38). The minimum Gasteiger partial charge on any atom is -0.496 e. The lowest BCUT2D eigenvalue weighted by molar-refractivity contribution is -0.137. The van der Waals surface area contributed by atoms with Gasteiger partial charge in [-0.15, -0.1) is 0 Å². The number of aromatic nitrogens is 1. The summed E-state index contributed by atoms with van der Waals surface area (Å²) in [6.45, 7) is 6.59. The van der Waals surface area contributed by atoms with Gasteiger partial charge < -0.3 is 19.0 Å². The molecule has 6 heteroatoms. The first kappa shape index (κ1) is 29.9. The van der Waals surface area contributed by atoms with Gasteiger partial charge in [0.25, 0.3) is 0 Å².